The molecule has 0 radical (unpaired) electrons. The average molecular weight is 423 g/mol. The van der Waals surface area contributed by atoms with Gasteiger partial charge in [0.25, 0.3) is 5.91 Å². The SMILES string of the molecule is CCCn1c(=NC(=O)c2cccc(Oc3ccccc3)c2)sc2cc(Cl)ccc21. The van der Waals surface area contributed by atoms with Crippen molar-refractivity contribution in [3.05, 3.63) is 88.2 Å². The van der Waals surface area contributed by atoms with Gasteiger partial charge in [-0.3, -0.25) is 4.79 Å². The molecule has 4 aromatic rings. The molecule has 0 N–H and O–H groups in total. The van der Waals surface area contributed by atoms with Crippen molar-refractivity contribution in [2.45, 2.75) is 19.9 Å². The Labute approximate surface area is 177 Å². The summed E-state index contributed by atoms with van der Waals surface area (Å²) < 4.78 is 8.91. The Balaban J connectivity index is 1.69. The molecule has 0 unspecified atom stereocenters. The Bertz CT molecular complexity index is 1230. The average Bonchev–Trinajstić information content (AvgIpc) is 3.05. The lowest BCUT2D eigenvalue weighted by atomic mass is 10.2. The van der Waals surface area contributed by atoms with E-state index >= 15 is 0 Å². The number of fused-ring (bicyclic) bond motifs is 1. The molecule has 1 amide bonds. The zero-order chi connectivity index (χ0) is 20.2. The van der Waals surface area contributed by atoms with Crippen molar-refractivity contribution < 1.29 is 9.53 Å². The second-order valence-electron chi connectivity index (χ2n) is 6.51. The highest BCUT2D eigenvalue weighted by Crippen LogP contribution is 2.24. The molecule has 0 saturated heterocycles. The first-order valence-electron chi connectivity index (χ1n) is 9.35. The molecule has 4 nitrogen and oxygen atoms in total. The van der Waals surface area contributed by atoms with Crippen LogP contribution in [-0.2, 0) is 6.54 Å². The molecule has 0 atom stereocenters. The van der Waals surface area contributed by atoms with Gasteiger partial charge in [0.1, 0.15) is 11.5 Å². The Morgan fingerprint density at radius 2 is 1.83 bits per heavy atom. The zero-order valence-corrected chi connectivity index (χ0v) is 17.4. The van der Waals surface area contributed by atoms with Crippen LogP contribution in [0.15, 0.2) is 77.8 Å². The highest BCUT2D eigenvalue weighted by Gasteiger charge is 2.10. The molecule has 146 valence electrons. The lowest BCUT2D eigenvalue weighted by Crippen LogP contribution is -2.16. The number of aromatic nitrogens is 1. The van der Waals surface area contributed by atoms with E-state index in [9.17, 15) is 4.79 Å². The largest absolute Gasteiger partial charge is 0.457 e. The lowest BCUT2D eigenvalue weighted by molar-refractivity contribution is 0.0997. The molecule has 0 spiro atoms. The van der Waals surface area contributed by atoms with Crippen LogP contribution < -0.4 is 9.54 Å². The fraction of sp³-hybridized carbons (Fsp3) is 0.130. The van der Waals surface area contributed by atoms with Crippen molar-refractivity contribution in [3.8, 4) is 11.5 Å². The van der Waals surface area contributed by atoms with Gasteiger partial charge in [0.2, 0.25) is 0 Å². The van der Waals surface area contributed by atoms with Crippen LogP contribution >= 0.6 is 22.9 Å². The number of thiazole rings is 1. The number of carbonyl (C=O) groups excluding carboxylic acids is 1. The highest BCUT2D eigenvalue weighted by molar-refractivity contribution is 7.16. The Hall–Kier alpha value is -2.89. The summed E-state index contributed by atoms with van der Waals surface area (Å²) >= 11 is 7.60. The molecule has 1 heterocycles. The first-order chi connectivity index (χ1) is 14.1. The second kappa shape index (κ2) is 8.64. The van der Waals surface area contributed by atoms with Gasteiger partial charge in [-0.15, -0.1) is 0 Å². The molecule has 0 fully saturated rings. The number of nitrogens with zero attached hydrogens (tertiary/aromatic N) is 2. The summed E-state index contributed by atoms with van der Waals surface area (Å²) in [5.41, 5.74) is 1.52. The van der Waals surface area contributed by atoms with Gasteiger partial charge in [-0.05, 0) is 55.0 Å². The van der Waals surface area contributed by atoms with Gasteiger partial charge in [-0.25, -0.2) is 0 Å². The summed E-state index contributed by atoms with van der Waals surface area (Å²) in [5, 5.41) is 0.672. The minimum absolute atomic E-state index is 0.300. The maximum absolute atomic E-state index is 12.9. The van der Waals surface area contributed by atoms with E-state index < -0.39 is 0 Å². The van der Waals surface area contributed by atoms with E-state index in [0.717, 1.165) is 28.9 Å². The molecule has 1 aromatic heterocycles. The van der Waals surface area contributed by atoms with Gasteiger partial charge >= 0.3 is 0 Å². The zero-order valence-electron chi connectivity index (χ0n) is 15.8. The molecule has 0 aliphatic heterocycles. The number of benzene rings is 3. The molecule has 0 bridgehead atoms. The topological polar surface area (TPSA) is 43.6 Å². The first kappa shape index (κ1) is 19.4. The molecule has 29 heavy (non-hydrogen) atoms. The minimum Gasteiger partial charge on any atom is -0.457 e. The van der Waals surface area contributed by atoms with Crippen molar-refractivity contribution in [1.82, 2.24) is 4.57 Å². The maximum atomic E-state index is 12.9. The van der Waals surface area contributed by atoms with Crippen LogP contribution in [0, 0.1) is 0 Å². The summed E-state index contributed by atoms with van der Waals surface area (Å²) in [6, 6.07) is 22.3. The standard InChI is InChI=1S/C23H19ClN2O2S/c1-2-13-26-20-12-11-17(24)15-21(20)29-23(26)25-22(27)16-7-6-10-19(14-16)28-18-8-4-3-5-9-18/h3-12,14-15H,2,13H2,1H3. The van der Waals surface area contributed by atoms with Gasteiger partial charge in [-0.2, -0.15) is 4.99 Å². The van der Waals surface area contributed by atoms with Crippen LogP contribution in [0.4, 0.5) is 0 Å². The second-order valence-corrected chi connectivity index (χ2v) is 7.95. The monoisotopic (exact) mass is 422 g/mol. The van der Waals surface area contributed by atoms with E-state index in [1.807, 2.05) is 54.6 Å². The number of amides is 1. The summed E-state index contributed by atoms with van der Waals surface area (Å²) in [4.78, 5) is 17.9. The van der Waals surface area contributed by atoms with Gasteiger partial charge in [0, 0.05) is 17.1 Å². The molecule has 4 rings (SSSR count). The number of rotatable bonds is 5. The van der Waals surface area contributed by atoms with Gasteiger partial charge in [-0.1, -0.05) is 54.1 Å². The molecule has 0 aliphatic rings. The molecule has 0 saturated carbocycles. The van der Waals surface area contributed by atoms with Crippen LogP contribution in [0.3, 0.4) is 0 Å². The van der Waals surface area contributed by atoms with Crippen molar-refractivity contribution in [2.75, 3.05) is 0 Å². The molecular weight excluding hydrogens is 404 g/mol. The predicted octanol–water partition coefficient (Wildman–Crippen LogP) is 6.30. The number of carbonyl (C=O) groups is 1. The first-order valence-corrected chi connectivity index (χ1v) is 10.5. The molecular formula is C23H19ClN2O2S. The number of hydrogen-bond acceptors (Lipinski definition) is 3. The van der Waals surface area contributed by atoms with E-state index in [0.29, 0.717) is 21.1 Å². The molecule has 0 aliphatic carbocycles. The fourth-order valence-electron chi connectivity index (χ4n) is 3.04. The van der Waals surface area contributed by atoms with Crippen LogP contribution in [-0.4, -0.2) is 10.5 Å². The van der Waals surface area contributed by atoms with Crippen LogP contribution in [0.5, 0.6) is 11.5 Å². The van der Waals surface area contributed by atoms with E-state index in [-0.39, 0.29) is 5.91 Å². The number of halogens is 1. The molecule has 6 heteroatoms. The van der Waals surface area contributed by atoms with Crippen LogP contribution in [0.25, 0.3) is 10.2 Å². The lowest BCUT2D eigenvalue weighted by Gasteiger charge is -2.06. The van der Waals surface area contributed by atoms with E-state index in [4.69, 9.17) is 16.3 Å². The number of hydrogen-bond donors (Lipinski definition) is 0. The molecule has 3 aromatic carbocycles. The number of aryl methyl sites for hydroxylation is 1. The Morgan fingerprint density at radius 3 is 2.62 bits per heavy atom. The third-order valence-electron chi connectivity index (χ3n) is 4.35. The minimum atomic E-state index is -0.300. The van der Waals surface area contributed by atoms with Gasteiger partial charge in [0.15, 0.2) is 4.80 Å². The van der Waals surface area contributed by atoms with E-state index in [1.54, 1.807) is 18.2 Å². The summed E-state index contributed by atoms with van der Waals surface area (Å²) in [6.45, 7) is 2.88. The summed E-state index contributed by atoms with van der Waals surface area (Å²) in [5.74, 6) is 1.02. The highest BCUT2D eigenvalue weighted by atomic mass is 35.5. The van der Waals surface area contributed by atoms with Crippen LogP contribution in [0.2, 0.25) is 5.02 Å². The maximum Gasteiger partial charge on any atom is 0.279 e. The van der Waals surface area contributed by atoms with Crippen LogP contribution in [0.1, 0.15) is 23.7 Å². The van der Waals surface area contributed by atoms with Gasteiger partial charge < -0.3 is 9.30 Å². The van der Waals surface area contributed by atoms with Crippen molar-refractivity contribution in [1.29, 1.82) is 0 Å². The van der Waals surface area contributed by atoms with Crippen molar-refractivity contribution in [2.24, 2.45) is 4.99 Å². The number of ether oxygens (including phenoxy) is 1. The van der Waals surface area contributed by atoms with Gasteiger partial charge in [0.05, 0.1) is 10.2 Å². The quantitative estimate of drug-likeness (QED) is 0.378. The number of para-hydroxylation sites is 1. The Morgan fingerprint density at radius 1 is 1.03 bits per heavy atom. The third kappa shape index (κ3) is 4.42. The normalized spacial score (nSPS) is 11.7. The van der Waals surface area contributed by atoms with Crippen molar-refractivity contribution in [3.63, 3.8) is 0 Å². The Kier molecular flexibility index (Phi) is 5.79. The third-order valence-corrected chi connectivity index (χ3v) is 5.63. The fourth-order valence-corrected chi connectivity index (χ4v) is 4.37. The summed E-state index contributed by atoms with van der Waals surface area (Å²) in [6.07, 6.45) is 0.941. The van der Waals surface area contributed by atoms with Crippen molar-refractivity contribution >= 4 is 39.1 Å². The van der Waals surface area contributed by atoms with E-state index in [2.05, 4.69) is 16.5 Å². The smallest absolute Gasteiger partial charge is 0.279 e. The predicted molar refractivity (Wildman–Crippen MR) is 118 cm³/mol. The van der Waals surface area contributed by atoms with E-state index in [1.165, 1.54) is 11.3 Å². The summed E-state index contributed by atoms with van der Waals surface area (Å²) in [7, 11) is 0.